The van der Waals surface area contributed by atoms with Gasteiger partial charge in [-0.25, -0.2) is 4.39 Å². The molecule has 0 spiro atoms. The summed E-state index contributed by atoms with van der Waals surface area (Å²) in [5.74, 6) is -0.424. The number of H-pyrrole nitrogens is 1. The number of ether oxygens (including phenoxy) is 1. The summed E-state index contributed by atoms with van der Waals surface area (Å²) in [7, 11) is 0. The minimum atomic E-state index is -0.513. The number of halogens is 1. The number of aromatic amines is 1. The lowest BCUT2D eigenvalue weighted by Gasteiger charge is -2.28. The molecule has 118 valence electrons. The van der Waals surface area contributed by atoms with Gasteiger partial charge in [0.25, 0.3) is 0 Å². The van der Waals surface area contributed by atoms with Crippen LogP contribution in [0.1, 0.15) is 12.6 Å². The van der Waals surface area contributed by atoms with Gasteiger partial charge in [-0.15, -0.1) is 0 Å². The number of likely N-dealkylation sites (N-methyl/N-ethyl adjacent to an activating group) is 1. The highest BCUT2D eigenvalue weighted by molar-refractivity contribution is 5.78. The highest BCUT2D eigenvalue weighted by Crippen LogP contribution is 2.17. The molecule has 1 aliphatic heterocycles. The van der Waals surface area contributed by atoms with E-state index in [2.05, 4.69) is 9.88 Å². The van der Waals surface area contributed by atoms with E-state index in [-0.39, 0.29) is 11.5 Å². The Balaban J connectivity index is 1.89. The lowest BCUT2D eigenvalue weighted by Crippen LogP contribution is -2.42. The molecule has 1 aromatic carbocycles. The topological polar surface area (TPSA) is 65.6 Å². The zero-order valence-corrected chi connectivity index (χ0v) is 12.4. The first-order valence-corrected chi connectivity index (χ1v) is 7.40. The van der Waals surface area contributed by atoms with Gasteiger partial charge in [-0.1, -0.05) is 6.92 Å². The number of rotatable bonds is 4. The van der Waals surface area contributed by atoms with Crippen molar-refractivity contribution >= 4 is 10.9 Å². The molecule has 0 amide bonds. The minimum Gasteiger partial charge on any atom is -0.389 e. The molecule has 1 fully saturated rings. The third-order valence-electron chi connectivity index (χ3n) is 4.12. The Hall–Kier alpha value is -1.76. The normalized spacial score (nSPS) is 21.8. The van der Waals surface area contributed by atoms with Gasteiger partial charge in [0.15, 0.2) is 5.43 Å². The molecule has 1 saturated heterocycles. The first-order valence-electron chi connectivity index (χ1n) is 7.40. The number of fused-ring (bicyclic) bond motifs is 1. The van der Waals surface area contributed by atoms with Crippen molar-refractivity contribution < 1.29 is 14.2 Å². The van der Waals surface area contributed by atoms with Crippen LogP contribution in [0.15, 0.2) is 29.1 Å². The molecule has 2 aromatic rings. The van der Waals surface area contributed by atoms with Crippen LogP contribution in [-0.2, 0) is 11.3 Å². The van der Waals surface area contributed by atoms with Gasteiger partial charge >= 0.3 is 0 Å². The predicted octanol–water partition coefficient (Wildman–Crippen LogP) is 1.25. The van der Waals surface area contributed by atoms with Crippen molar-refractivity contribution in [3.63, 3.8) is 0 Å². The van der Waals surface area contributed by atoms with Gasteiger partial charge in [-0.3, -0.25) is 9.69 Å². The molecule has 0 saturated carbocycles. The standard InChI is InChI=1S/C16H19FN2O3/c1-2-19(14-8-22-9-16(14)21)7-11-6-15(20)12-5-10(17)3-4-13(12)18-11/h3-6,14,16,21H,2,7-9H2,1H3,(H,18,20)/t14-,16-/m1/s1. The van der Waals surface area contributed by atoms with Crippen LogP contribution >= 0.6 is 0 Å². The maximum absolute atomic E-state index is 13.2. The van der Waals surface area contributed by atoms with Crippen molar-refractivity contribution in [1.29, 1.82) is 0 Å². The average molecular weight is 306 g/mol. The van der Waals surface area contributed by atoms with Crippen LogP contribution in [0.3, 0.4) is 0 Å². The van der Waals surface area contributed by atoms with Gasteiger partial charge in [0.1, 0.15) is 5.82 Å². The number of benzene rings is 1. The number of nitrogens with zero attached hydrogens (tertiary/aromatic N) is 1. The Labute approximate surface area is 127 Å². The van der Waals surface area contributed by atoms with E-state index in [9.17, 15) is 14.3 Å². The molecule has 22 heavy (non-hydrogen) atoms. The van der Waals surface area contributed by atoms with Crippen LogP contribution in [0, 0.1) is 5.82 Å². The number of aliphatic hydroxyl groups is 1. The Kier molecular flexibility index (Phi) is 4.24. The lowest BCUT2D eigenvalue weighted by atomic mass is 10.1. The molecule has 1 aromatic heterocycles. The summed E-state index contributed by atoms with van der Waals surface area (Å²) in [5.41, 5.74) is 1.15. The molecule has 2 atom stereocenters. The number of aromatic nitrogens is 1. The maximum atomic E-state index is 13.2. The minimum absolute atomic E-state index is 0.0718. The lowest BCUT2D eigenvalue weighted by molar-refractivity contribution is 0.0802. The Bertz CT molecular complexity index is 731. The molecule has 2 heterocycles. The maximum Gasteiger partial charge on any atom is 0.189 e. The van der Waals surface area contributed by atoms with E-state index >= 15 is 0 Å². The highest BCUT2D eigenvalue weighted by Gasteiger charge is 2.31. The highest BCUT2D eigenvalue weighted by atomic mass is 19.1. The molecular formula is C16H19FN2O3. The van der Waals surface area contributed by atoms with Crippen LogP contribution in [0.25, 0.3) is 10.9 Å². The predicted molar refractivity (Wildman–Crippen MR) is 81.2 cm³/mol. The molecule has 0 bridgehead atoms. The number of nitrogens with one attached hydrogen (secondary N) is 1. The van der Waals surface area contributed by atoms with E-state index in [1.807, 2.05) is 6.92 Å². The van der Waals surface area contributed by atoms with E-state index in [1.165, 1.54) is 18.2 Å². The summed E-state index contributed by atoms with van der Waals surface area (Å²) in [6.45, 7) is 4.06. The number of aliphatic hydroxyl groups excluding tert-OH is 1. The Morgan fingerprint density at radius 3 is 2.91 bits per heavy atom. The van der Waals surface area contributed by atoms with Crippen molar-refractivity contribution in [3.8, 4) is 0 Å². The third kappa shape index (κ3) is 2.90. The van der Waals surface area contributed by atoms with Crippen molar-refractivity contribution in [2.24, 2.45) is 0 Å². The van der Waals surface area contributed by atoms with Gasteiger partial charge in [0.2, 0.25) is 0 Å². The van der Waals surface area contributed by atoms with E-state index < -0.39 is 11.9 Å². The van der Waals surface area contributed by atoms with Crippen LogP contribution < -0.4 is 5.43 Å². The van der Waals surface area contributed by atoms with Crippen molar-refractivity contribution in [2.45, 2.75) is 25.6 Å². The zero-order chi connectivity index (χ0) is 15.7. The summed E-state index contributed by atoms with van der Waals surface area (Å²) >= 11 is 0. The van der Waals surface area contributed by atoms with Gasteiger partial charge in [-0.05, 0) is 24.7 Å². The average Bonchev–Trinajstić information content (AvgIpc) is 2.92. The van der Waals surface area contributed by atoms with E-state index in [0.717, 1.165) is 12.2 Å². The molecule has 0 radical (unpaired) electrons. The smallest absolute Gasteiger partial charge is 0.189 e. The van der Waals surface area contributed by atoms with Crippen LogP contribution in [0.2, 0.25) is 0 Å². The number of hydrogen-bond acceptors (Lipinski definition) is 4. The second-order valence-corrected chi connectivity index (χ2v) is 5.58. The molecule has 1 aliphatic rings. The fourth-order valence-corrected chi connectivity index (χ4v) is 2.92. The van der Waals surface area contributed by atoms with Gasteiger partial charge in [0.05, 0.1) is 25.4 Å². The van der Waals surface area contributed by atoms with Crippen molar-refractivity contribution in [1.82, 2.24) is 9.88 Å². The molecule has 0 aliphatic carbocycles. The Morgan fingerprint density at radius 2 is 2.23 bits per heavy atom. The monoisotopic (exact) mass is 306 g/mol. The quantitative estimate of drug-likeness (QED) is 0.892. The second kappa shape index (κ2) is 6.16. The molecule has 3 rings (SSSR count). The van der Waals surface area contributed by atoms with E-state index in [0.29, 0.717) is 30.7 Å². The number of pyridine rings is 1. The number of hydrogen-bond donors (Lipinski definition) is 2. The van der Waals surface area contributed by atoms with E-state index in [1.54, 1.807) is 6.07 Å². The molecule has 0 unspecified atom stereocenters. The molecule has 6 heteroatoms. The van der Waals surface area contributed by atoms with Crippen LogP contribution in [0.5, 0.6) is 0 Å². The summed E-state index contributed by atoms with van der Waals surface area (Å²) in [5, 5.41) is 10.3. The zero-order valence-electron chi connectivity index (χ0n) is 12.4. The fourth-order valence-electron chi connectivity index (χ4n) is 2.92. The Morgan fingerprint density at radius 1 is 1.41 bits per heavy atom. The third-order valence-corrected chi connectivity index (χ3v) is 4.12. The summed E-state index contributed by atoms with van der Waals surface area (Å²) in [6.07, 6.45) is -0.513. The molecular weight excluding hydrogens is 287 g/mol. The molecule has 2 N–H and O–H groups in total. The SMILES string of the molecule is CCN(Cc1cc(=O)c2cc(F)ccc2[nH]1)[C@@H]1COC[C@H]1O. The fraction of sp³-hybridized carbons (Fsp3) is 0.438. The van der Waals surface area contributed by atoms with Gasteiger partial charge in [0, 0.05) is 29.2 Å². The van der Waals surface area contributed by atoms with Crippen LogP contribution in [0.4, 0.5) is 4.39 Å². The van der Waals surface area contributed by atoms with Gasteiger partial charge < -0.3 is 14.8 Å². The molecule has 5 nitrogen and oxygen atoms in total. The summed E-state index contributed by atoms with van der Waals surface area (Å²) in [4.78, 5) is 17.4. The largest absolute Gasteiger partial charge is 0.389 e. The first-order chi connectivity index (χ1) is 10.6. The summed E-state index contributed by atoms with van der Waals surface area (Å²) < 4.78 is 18.5. The second-order valence-electron chi connectivity index (χ2n) is 5.58. The van der Waals surface area contributed by atoms with Gasteiger partial charge in [-0.2, -0.15) is 0 Å². The summed E-state index contributed by atoms with van der Waals surface area (Å²) in [6, 6.07) is 5.56. The van der Waals surface area contributed by atoms with E-state index in [4.69, 9.17) is 4.74 Å². The van der Waals surface area contributed by atoms with Crippen molar-refractivity contribution in [2.75, 3.05) is 19.8 Å². The first kappa shape index (κ1) is 15.1. The van der Waals surface area contributed by atoms with Crippen LogP contribution in [-0.4, -0.2) is 46.9 Å². The van der Waals surface area contributed by atoms with Crippen molar-refractivity contribution in [3.05, 3.63) is 46.0 Å².